The fraction of sp³-hybridized carbons (Fsp3) is 0.368. The number of hydrogen-bond acceptors (Lipinski definition) is 2. The van der Waals surface area contributed by atoms with Gasteiger partial charge in [-0.05, 0) is 45.0 Å². The van der Waals surface area contributed by atoms with Crippen LogP contribution in [0.4, 0.5) is 5.69 Å². The summed E-state index contributed by atoms with van der Waals surface area (Å²) in [6.45, 7) is 8.41. The standard InChI is InChI=1S/C19H23BrN2O2/c1-12(2)15-6-5-7-16(13(3)4)19(15)21-17(23)11-22-10-14(20)8-9-18(22)24/h5-10,12-13H,11H2,1-4H3,(H,21,23). The van der Waals surface area contributed by atoms with Crippen LogP contribution in [-0.2, 0) is 11.3 Å². The second kappa shape index (κ2) is 7.79. The molecule has 4 nitrogen and oxygen atoms in total. The van der Waals surface area contributed by atoms with Crippen molar-refractivity contribution in [1.29, 1.82) is 0 Å². The molecule has 1 aromatic heterocycles. The zero-order valence-corrected chi connectivity index (χ0v) is 16.1. The van der Waals surface area contributed by atoms with Crippen molar-refractivity contribution in [3.05, 3.63) is 62.5 Å². The van der Waals surface area contributed by atoms with Crippen LogP contribution in [0.3, 0.4) is 0 Å². The number of nitrogens with zero attached hydrogens (tertiary/aromatic N) is 1. The Labute approximate surface area is 151 Å². The molecule has 0 radical (unpaired) electrons. The van der Waals surface area contributed by atoms with Crippen LogP contribution in [-0.4, -0.2) is 10.5 Å². The Morgan fingerprint density at radius 3 is 2.21 bits per heavy atom. The summed E-state index contributed by atoms with van der Waals surface area (Å²) in [5.41, 5.74) is 2.89. The molecule has 0 atom stereocenters. The fourth-order valence-electron chi connectivity index (χ4n) is 2.65. The molecule has 0 saturated carbocycles. The minimum absolute atomic E-state index is 0.0117. The molecule has 0 aliphatic carbocycles. The van der Waals surface area contributed by atoms with Gasteiger partial charge in [0.05, 0.1) is 0 Å². The van der Waals surface area contributed by atoms with Crippen molar-refractivity contribution in [3.8, 4) is 0 Å². The quantitative estimate of drug-likeness (QED) is 0.816. The molecule has 1 heterocycles. The van der Waals surface area contributed by atoms with Gasteiger partial charge in [0.2, 0.25) is 5.91 Å². The van der Waals surface area contributed by atoms with E-state index in [-0.39, 0.29) is 18.0 Å². The number of carbonyl (C=O) groups excluding carboxylic acids is 1. The van der Waals surface area contributed by atoms with E-state index in [4.69, 9.17) is 0 Å². The highest BCUT2D eigenvalue weighted by molar-refractivity contribution is 9.10. The van der Waals surface area contributed by atoms with E-state index in [1.165, 1.54) is 10.6 Å². The maximum atomic E-state index is 12.5. The number of rotatable bonds is 5. The molecule has 5 heteroatoms. The summed E-state index contributed by atoms with van der Waals surface area (Å²) in [7, 11) is 0. The molecule has 0 saturated heterocycles. The van der Waals surface area contributed by atoms with Gasteiger partial charge in [-0.1, -0.05) is 45.9 Å². The molecule has 0 aliphatic rings. The van der Waals surface area contributed by atoms with E-state index >= 15 is 0 Å². The van der Waals surface area contributed by atoms with E-state index in [1.807, 2.05) is 18.2 Å². The number of halogens is 1. The van der Waals surface area contributed by atoms with Crippen molar-refractivity contribution in [1.82, 2.24) is 4.57 Å². The number of hydrogen-bond donors (Lipinski definition) is 1. The first-order valence-electron chi connectivity index (χ1n) is 8.08. The van der Waals surface area contributed by atoms with Crippen LogP contribution < -0.4 is 10.9 Å². The Bertz CT molecular complexity index is 768. The van der Waals surface area contributed by atoms with Gasteiger partial charge in [-0.2, -0.15) is 0 Å². The van der Waals surface area contributed by atoms with E-state index in [0.717, 1.165) is 21.3 Å². The Balaban J connectivity index is 2.31. The monoisotopic (exact) mass is 390 g/mol. The predicted molar refractivity (Wildman–Crippen MR) is 102 cm³/mol. The lowest BCUT2D eigenvalue weighted by molar-refractivity contribution is -0.116. The van der Waals surface area contributed by atoms with E-state index in [2.05, 4.69) is 48.9 Å². The van der Waals surface area contributed by atoms with Gasteiger partial charge in [0.25, 0.3) is 5.56 Å². The van der Waals surface area contributed by atoms with Gasteiger partial charge in [0, 0.05) is 22.4 Å². The molecule has 1 aromatic carbocycles. The lowest BCUT2D eigenvalue weighted by Gasteiger charge is -2.20. The third kappa shape index (κ3) is 4.35. The predicted octanol–water partition coefficient (Wildman–Crippen LogP) is 4.50. The van der Waals surface area contributed by atoms with Gasteiger partial charge in [-0.15, -0.1) is 0 Å². The summed E-state index contributed by atoms with van der Waals surface area (Å²) in [6.07, 6.45) is 1.62. The average Bonchev–Trinajstić information content (AvgIpc) is 2.50. The van der Waals surface area contributed by atoms with E-state index in [9.17, 15) is 9.59 Å². The maximum absolute atomic E-state index is 12.5. The van der Waals surface area contributed by atoms with E-state index in [1.54, 1.807) is 12.3 Å². The van der Waals surface area contributed by atoms with Crippen molar-refractivity contribution >= 4 is 27.5 Å². The summed E-state index contributed by atoms with van der Waals surface area (Å²) in [5.74, 6) is 0.394. The number of pyridine rings is 1. The number of benzene rings is 1. The van der Waals surface area contributed by atoms with Gasteiger partial charge in [-0.3, -0.25) is 9.59 Å². The molecule has 2 aromatic rings. The summed E-state index contributed by atoms with van der Waals surface area (Å²) >= 11 is 3.32. The van der Waals surface area contributed by atoms with Crippen LogP contribution >= 0.6 is 15.9 Å². The van der Waals surface area contributed by atoms with Gasteiger partial charge >= 0.3 is 0 Å². The SMILES string of the molecule is CC(C)c1cccc(C(C)C)c1NC(=O)Cn1cc(Br)ccc1=O. The summed E-state index contributed by atoms with van der Waals surface area (Å²) in [6, 6.07) is 9.22. The average molecular weight is 391 g/mol. The van der Waals surface area contributed by atoms with E-state index < -0.39 is 0 Å². The van der Waals surface area contributed by atoms with Crippen LogP contribution in [0.25, 0.3) is 0 Å². The number of aromatic nitrogens is 1. The highest BCUT2D eigenvalue weighted by atomic mass is 79.9. The van der Waals surface area contributed by atoms with Crippen molar-refractivity contribution in [3.63, 3.8) is 0 Å². The first-order chi connectivity index (χ1) is 11.3. The van der Waals surface area contributed by atoms with Crippen molar-refractivity contribution < 1.29 is 4.79 Å². The molecular weight excluding hydrogens is 368 g/mol. The third-order valence-electron chi connectivity index (χ3n) is 3.90. The van der Waals surface area contributed by atoms with Crippen LogP contribution in [0.5, 0.6) is 0 Å². The Hall–Kier alpha value is -1.88. The molecule has 0 fully saturated rings. The second-order valence-electron chi connectivity index (χ2n) is 6.48. The van der Waals surface area contributed by atoms with Crippen molar-refractivity contribution in [2.45, 2.75) is 46.1 Å². The first-order valence-corrected chi connectivity index (χ1v) is 8.87. The van der Waals surface area contributed by atoms with Gasteiger partial charge in [-0.25, -0.2) is 0 Å². The molecule has 1 amide bonds. The number of carbonyl (C=O) groups is 1. The van der Waals surface area contributed by atoms with Crippen LogP contribution in [0.15, 0.2) is 45.8 Å². The number of nitrogens with one attached hydrogen (secondary N) is 1. The van der Waals surface area contributed by atoms with Crippen LogP contribution in [0.2, 0.25) is 0 Å². The van der Waals surface area contributed by atoms with Crippen LogP contribution in [0, 0.1) is 0 Å². The third-order valence-corrected chi connectivity index (χ3v) is 4.37. The molecule has 0 spiro atoms. The van der Waals surface area contributed by atoms with E-state index in [0.29, 0.717) is 11.8 Å². The number of para-hydroxylation sites is 1. The summed E-state index contributed by atoms with van der Waals surface area (Å²) in [4.78, 5) is 24.4. The fourth-order valence-corrected chi connectivity index (χ4v) is 3.03. The Morgan fingerprint density at radius 1 is 1.08 bits per heavy atom. The smallest absolute Gasteiger partial charge is 0.251 e. The molecule has 128 valence electrons. The topological polar surface area (TPSA) is 51.1 Å². The molecule has 0 unspecified atom stereocenters. The zero-order valence-electron chi connectivity index (χ0n) is 14.5. The van der Waals surface area contributed by atoms with Crippen LogP contribution in [0.1, 0.15) is 50.7 Å². The largest absolute Gasteiger partial charge is 0.324 e. The summed E-state index contributed by atoms with van der Waals surface area (Å²) in [5, 5.41) is 3.02. The molecule has 1 N–H and O–H groups in total. The molecule has 24 heavy (non-hydrogen) atoms. The minimum atomic E-state index is -0.204. The highest BCUT2D eigenvalue weighted by Crippen LogP contribution is 2.32. The highest BCUT2D eigenvalue weighted by Gasteiger charge is 2.16. The lowest BCUT2D eigenvalue weighted by atomic mass is 9.92. The van der Waals surface area contributed by atoms with Gasteiger partial charge < -0.3 is 9.88 Å². The van der Waals surface area contributed by atoms with Crippen molar-refractivity contribution in [2.24, 2.45) is 0 Å². The lowest BCUT2D eigenvalue weighted by Crippen LogP contribution is -2.27. The Kier molecular flexibility index (Phi) is 5.99. The first kappa shape index (κ1) is 18.5. The van der Waals surface area contributed by atoms with Crippen molar-refractivity contribution in [2.75, 3.05) is 5.32 Å². The second-order valence-corrected chi connectivity index (χ2v) is 7.40. The van der Waals surface area contributed by atoms with Gasteiger partial charge in [0.15, 0.2) is 0 Å². The molecular formula is C19H23BrN2O2. The van der Waals surface area contributed by atoms with Gasteiger partial charge in [0.1, 0.15) is 6.54 Å². The number of amides is 1. The maximum Gasteiger partial charge on any atom is 0.251 e. The molecule has 0 bridgehead atoms. The molecule has 2 rings (SSSR count). The summed E-state index contributed by atoms with van der Waals surface area (Å²) < 4.78 is 2.16. The normalized spacial score (nSPS) is 11.1. The number of anilines is 1. The minimum Gasteiger partial charge on any atom is -0.324 e. The molecule has 0 aliphatic heterocycles. The Morgan fingerprint density at radius 2 is 1.67 bits per heavy atom. The zero-order chi connectivity index (χ0) is 17.9.